The number of halogens is 2. The summed E-state index contributed by atoms with van der Waals surface area (Å²) in [6, 6.07) is 0. The zero-order chi connectivity index (χ0) is 7.28. The van der Waals surface area contributed by atoms with E-state index in [-0.39, 0.29) is 0 Å². The molecule has 0 heterocycles. The average molecular weight is 138 g/mol. The number of rotatable bonds is 4. The molecule has 0 rings (SSSR count). The number of carbonyl (C=O) groups is 1. The molecule has 4 heteroatoms. The van der Waals surface area contributed by atoms with Gasteiger partial charge in [0.1, 0.15) is 25.2 Å². The Bertz CT molecular complexity index is 87.0. The lowest BCUT2D eigenvalue weighted by Gasteiger charge is -2.07. The highest BCUT2D eigenvalue weighted by Crippen LogP contribution is 2.02. The Labute approximate surface area is 51.5 Å². The fourth-order valence-electron chi connectivity index (χ4n) is 0.346. The Kier molecular flexibility index (Phi) is 4.13. The van der Waals surface area contributed by atoms with Crippen molar-refractivity contribution in [2.45, 2.75) is 18.7 Å². The Morgan fingerprint density at radius 2 is 2.22 bits per heavy atom. The van der Waals surface area contributed by atoms with Gasteiger partial charge < -0.3 is 9.90 Å². The van der Waals surface area contributed by atoms with E-state index in [4.69, 9.17) is 5.11 Å². The molecule has 0 spiro atoms. The van der Waals surface area contributed by atoms with Crippen molar-refractivity contribution >= 4 is 6.29 Å². The molecule has 2 unspecified atom stereocenters. The van der Waals surface area contributed by atoms with Gasteiger partial charge in [0.05, 0.1) is 0 Å². The maximum atomic E-state index is 12.1. The molecule has 0 saturated carbocycles. The smallest absolute Gasteiger partial charge is 0.135 e. The van der Waals surface area contributed by atoms with Crippen LogP contribution < -0.4 is 0 Å². The normalized spacial score (nSPS) is 16.8. The lowest BCUT2D eigenvalue weighted by Crippen LogP contribution is -2.23. The lowest BCUT2D eigenvalue weighted by atomic mass is 10.2. The first-order chi connectivity index (χ1) is 4.22. The van der Waals surface area contributed by atoms with Gasteiger partial charge in [0.25, 0.3) is 0 Å². The number of aliphatic hydroxyl groups excluding tert-OH is 1. The molecule has 9 heavy (non-hydrogen) atoms. The topological polar surface area (TPSA) is 37.3 Å². The van der Waals surface area contributed by atoms with Gasteiger partial charge in [-0.2, -0.15) is 0 Å². The van der Waals surface area contributed by atoms with Crippen LogP contribution in [0, 0.1) is 0 Å². The van der Waals surface area contributed by atoms with Crippen LogP contribution in [0.25, 0.3) is 0 Å². The number of hydrogen-bond acceptors (Lipinski definition) is 2. The highest BCUT2D eigenvalue weighted by molar-refractivity contribution is 5.50. The monoisotopic (exact) mass is 138 g/mol. The molecule has 1 N–H and O–H groups in total. The summed E-state index contributed by atoms with van der Waals surface area (Å²) in [5.74, 6) is 0. The molecule has 2 atom stereocenters. The summed E-state index contributed by atoms with van der Waals surface area (Å²) in [5.41, 5.74) is 0. The van der Waals surface area contributed by atoms with Crippen molar-refractivity contribution in [3.63, 3.8) is 0 Å². The van der Waals surface area contributed by atoms with Crippen molar-refractivity contribution in [3.8, 4) is 0 Å². The van der Waals surface area contributed by atoms with Gasteiger partial charge in [-0.3, -0.25) is 0 Å². The molecule has 0 aliphatic heterocycles. The van der Waals surface area contributed by atoms with Crippen LogP contribution in [0.1, 0.15) is 6.42 Å². The second-order valence-corrected chi connectivity index (χ2v) is 1.64. The molecule has 0 saturated heterocycles. The summed E-state index contributed by atoms with van der Waals surface area (Å²) in [6.45, 7) is -1.14. The third kappa shape index (κ3) is 3.13. The van der Waals surface area contributed by atoms with Crippen LogP contribution in [0.5, 0.6) is 0 Å². The molecule has 0 aliphatic carbocycles. The molecular weight excluding hydrogens is 130 g/mol. The molecule has 0 bridgehead atoms. The predicted octanol–water partition coefficient (Wildman–Crippen LogP) is 0.244. The van der Waals surface area contributed by atoms with Crippen LogP contribution >= 0.6 is 0 Å². The van der Waals surface area contributed by atoms with Crippen molar-refractivity contribution in [1.82, 2.24) is 0 Å². The first kappa shape index (κ1) is 8.49. The number of alkyl halides is 2. The minimum absolute atomic E-state index is 0.309. The number of aldehydes is 1. The Morgan fingerprint density at radius 1 is 1.67 bits per heavy atom. The van der Waals surface area contributed by atoms with Crippen molar-refractivity contribution in [3.05, 3.63) is 0 Å². The second kappa shape index (κ2) is 4.38. The zero-order valence-electron chi connectivity index (χ0n) is 4.76. The largest absolute Gasteiger partial charge is 0.387 e. The minimum Gasteiger partial charge on any atom is -0.387 e. The molecular formula is C5H8F2O2. The summed E-state index contributed by atoms with van der Waals surface area (Å²) in [7, 11) is 0. The molecule has 54 valence electrons. The highest BCUT2D eigenvalue weighted by atomic mass is 19.1. The Balaban J connectivity index is 3.44. The Hall–Kier alpha value is -0.510. The number of carbonyl (C=O) groups excluding carboxylic acids is 1. The van der Waals surface area contributed by atoms with E-state index >= 15 is 0 Å². The van der Waals surface area contributed by atoms with E-state index in [0.29, 0.717) is 6.29 Å². The first-order valence-corrected chi connectivity index (χ1v) is 2.54. The van der Waals surface area contributed by atoms with Gasteiger partial charge in [-0.25, -0.2) is 8.78 Å². The maximum absolute atomic E-state index is 12.1. The van der Waals surface area contributed by atoms with Gasteiger partial charge in [-0.15, -0.1) is 0 Å². The summed E-state index contributed by atoms with van der Waals surface area (Å²) in [4.78, 5) is 9.56. The van der Waals surface area contributed by atoms with E-state index in [1.54, 1.807) is 0 Å². The average Bonchev–Trinajstić information content (AvgIpc) is 1.87. The van der Waals surface area contributed by atoms with E-state index < -0.39 is 25.4 Å². The summed E-state index contributed by atoms with van der Waals surface area (Å²) in [6.07, 6.45) is -3.53. The van der Waals surface area contributed by atoms with E-state index in [2.05, 4.69) is 0 Å². The minimum atomic E-state index is -1.76. The summed E-state index contributed by atoms with van der Waals surface area (Å²) in [5, 5.41) is 8.35. The molecule has 0 aromatic carbocycles. The SMILES string of the molecule is O=CCC(F)C(O)CF. The van der Waals surface area contributed by atoms with Gasteiger partial charge in [-0.1, -0.05) is 0 Å². The van der Waals surface area contributed by atoms with Crippen molar-refractivity contribution in [1.29, 1.82) is 0 Å². The number of hydrogen-bond donors (Lipinski definition) is 1. The van der Waals surface area contributed by atoms with Crippen molar-refractivity contribution < 1.29 is 18.7 Å². The first-order valence-electron chi connectivity index (χ1n) is 2.54. The van der Waals surface area contributed by atoms with Crippen LogP contribution in [-0.4, -0.2) is 30.3 Å². The van der Waals surface area contributed by atoms with Gasteiger partial charge >= 0.3 is 0 Å². The molecule has 0 radical (unpaired) electrons. The fraction of sp³-hybridized carbons (Fsp3) is 0.800. The molecule has 2 nitrogen and oxygen atoms in total. The quantitative estimate of drug-likeness (QED) is 0.565. The fourth-order valence-corrected chi connectivity index (χ4v) is 0.346. The van der Waals surface area contributed by atoms with Crippen LogP contribution in [0.15, 0.2) is 0 Å². The van der Waals surface area contributed by atoms with Crippen LogP contribution in [0.3, 0.4) is 0 Å². The summed E-state index contributed by atoms with van der Waals surface area (Å²) < 4.78 is 23.4. The molecule has 0 aromatic heterocycles. The van der Waals surface area contributed by atoms with Gasteiger partial charge in [0.15, 0.2) is 0 Å². The van der Waals surface area contributed by atoms with Crippen molar-refractivity contribution in [2.75, 3.05) is 6.67 Å². The van der Waals surface area contributed by atoms with E-state index in [9.17, 15) is 13.6 Å². The molecule has 0 amide bonds. The lowest BCUT2D eigenvalue weighted by molar-refractivity contribution is -0.109. The van der Waals surface area contributed by atoms with Crippen LogP contribution in [0.2, 0.25) is 0 Å². The Morgan fingerprint density at radius 3 is 2.56 bits per heavy atom. The van der Waals surface area contributed by atoms with Gasteiger partial charge in [-0.05, 0) is 0 Å². The standard InChI is InChI=1S/C5H8F2O2/c6-3-5(9)4(7)1-2-8/h2,4-5,9H,1,3H2. The zero-order valence-corrected chi connectivity index (χ0v) is 4.76. The van der Waals surface area contributed by atoms with Gasteiger partial charge in [0, 0.05) is 6.42 Å². The summed E-state index contributed by atoms with van der Waals surface area (Å²) >= 11 is 0. The highest BCUT2D eigenvalue weighted by Gasteiger charge is 2.16. The molecule has 0 aromatic rings. The molecule has 0 aliphatic rings. The predicted molar refractivity (Wildman–Crippen MR) is 27.6 cm³/mol. The van der Waals surface area contributed by atoms with E-state index in [0.717, 1.165) is 0 Å². The third-order valence-corrected chi connectivity index (χ3v) is 0.897. The molecule has 0 fully saturated rings. The van der Waals surface area contributed by atoms with E-state index in [1.807, 2.05) is 0 Å². The van der Waals surface area contributed by atoms with Gasteiger partial charge in [0.2, 0.25) is 0 Å². The van der Waals surface area contributed by atoms with Crippen LogP contribution in [-0.2, 0) is 4.79 Å². The second-order valence-electron chi connectivity index (χ2n) is 1.64. The van der Waals surface area contributed by atoms with Crippen LogP contribution in [0.4, 0.5) is 8.78 Å². The maximum Gasteiger partial charge on any atom is 0.135 e. The number of aliphatic hydroxyl groups is 1. The third-order valence-electron chi connectivity index (χ3n) is 0.897. The van der Waals surface area contributed by atoms with Crippen molar-refractivity contribution in [2.24, 2.45) is 0 Å². The van der Waals surface area contributed by atoms with E-state index in [1.165, 1.54) is 0 Å².